The summed E-state index contributed by atoms with van der Waals surface area (Å²) in [4.78, 5) is 36.9. The van der Waals surface area contributed by atoms with Gasteiger partial charge in [0.15, 0.2) is 5.11 Å². The Kier molecular flexibility index (Phi) is 4.89. The molecule has 0 aromatic heterocycles. The molecule has 0 radical (unpaired) electrons. The molecule has 9 heteroatoms. The molecule has 1 aromatic rings. The molecule has 0 saturated carbocycles. The van der Waals surface area contributed by atoms with Gasteiger partial charge in [0.05, 0.1) is 6.42 Å². The summed E-state index contributed by atoms with van der Waals surface area (Å²) in [7, 11) is 0. The summed E-state index contributed by atoms with van der Waals surface area (Å²) in [6.07, 6.45) is -0.293. The maximum absolute atomic E-state index is 13.2. The standard InChI is InChI=1S/C14H15FN4O3S/c1-2-18-13(22)10(7-11(16)20)19(14(18)23)17-12(21)8-4-3-5-9(15)6-8/h3-6,10H,2,7H2,1H3,(H2,16,20)(H,17,21). The van der Waals surface area contributed by atoms with Crippen molar-refractivity contribution >= 4 is 35.1 Å². The van der Waals surface area contributed by atoms with Crippen LogP contribution >= 0.6 is 12.2 Å². The van der Waals surface area contributed by atoms with Crippen molar-refractivity contribution in [2.24, 2.45) is 5.73 Å². The lowest BCUT2D eigenvalue weighted by Gasteiger charge is -2.23. The zero-order valence-electron chi connectivity index (χ0n) is 12.3. The minimum Gasteiger partial charge on any atom is -0.370 e. The van der Waals surface area contributed by atoms with E-state index in [1.165, 1.54) is 23.1 Å². The fourth-order valence-electron chi connectivity index (χ4n) is 2.24. The number of nitrogens with zero attached hydrogens (tertiary/aromatic N) is 2. The molecule has 0 spiro atoms. The lowest BCUT2D eigenvalue weighted by Crippen LogP contribution is -2.49. The van der Waals surface area contributed by atoms with Crippen LogP contribution in [-0.2, 0) is 9.59 Å². The predicted molar refractivity (Wildman–Crippen MR) is 83.3 cm³/mol. The summed E-state index contributed by atoms with van der Waals surface area (Å²) in [6.45, 7) is 2.00. The van der Waals surface area contributed by atoms with E-state index in [1.807, 2.05) is 0 Å². The van der Waals surface area contributed by atoms with Gasteiger partial charge < -0.3 is 5.73 Å². The number of primary amides is 1. The van der Waals surface area contributed by atoms with Gasteiger partial charge in [0.1, 0.15) is 11.9 Å². The predicted octanol–water partition coefficient (Wildman–Crippen LogP) is 0.164. The van der Waals surface area contributed by atoms with E-state index in [2.05, 4.69) is 5.43 Å². The summed E-state index contributed by atoms with van der Waals surface area (Å²) in [5.41, 5.74) is 7.65. The summed E-state index contributed by atoms with van der Waals surface area (Å²) in [5.74, 6) is -2.33. The molecule has 2 rings (SSSR count). The van der Waals surface area contributed by atoms with Crippen molar-refractivity contribution in [3.05, 3.63) is 35.6 Å². The van der Waals surface area contributed by atoms with Gasteiger partial charge in [0.2, 0.25) is 5.91 Å². The second-order valence-corrected chi connectivity index (χ2v) is 5.24. The average molecular weight is 338 g/mol. The van der Waals surface area contributed by atoms with Gasteiger partial charge in [-0.3, -0.25) is 24.7 Å². The Morgan fingerprint density at radius 3 is 2.70 bits per heavy atom. The second kappa shape index (κ2) is 6.69. The number of hydrazine groups is 1. The Balaban J connectivity index is 2.24. The van der Waals surface area contributed by atoms with E-state index in [-0.39, 0.29) is 17.1 Å². The highest BCUT2D eigenvalue weighted by molar-refractivity contribution is 7.80. The van der Waals surface area contributed by atoms with Crippen LogP contribution in [0.25, 0.3) is 0 Å². The molecule has 0 aliphatic carbocycles. The van der Waals surface area contributed by atoms with Crippen molar-refractivity contribution in [1.82, 2.24) is 15.3 Å². The Hall–Kier alpha value is -2.55. The first-order valence-electron chi connectivity index (χ1n) is 6.84. The van der Waals surface area contributed by atoms with E-state index in [0.29, 0.717) is 6.54 Å². The summed E-state index contributed by atoms with van der Waals surface area (Å²) < 4.78 is 13.2. The Morgan fingerprint density at radius 2 is 2.13 bits per heavy atom. The molecule has 7 nitrogen and oxygen atoms in total. The molecule has 1 aliphatic heterocycles. The number of nitrogens with two attached hydrogens (primary N) is 1. The monoisotopic (exact) mass is 338 g/mol. The number of thiocarbonyl (C=S) groups is 1. The molecule has 1 unspecified atom stereocenters. The highest BCUT2D eigenvalue weighted by Crippen LogP contribution is 2.19. The van der Waals surface area contributed by atoms with Crippen LogP contribution in [0.5, 0.6) is 0 Å². The molecule has 3 amide bonds. The van der Waals surface area contributed by atoms with Crippen LogP contribution in [-0.4, -0.2) is 45.3 Å². The van der Waals surface area contributed by atoms with Crippen LogP contribution in [0, 0.1) is 5.82 Å². The first kappa shape index (κ1) is 16.8. The second-order valence-electron chi connectivity index (χ2n) is 4.87. The minimum atomic E-state index is -1.00. The highest BCUT2D eigenvalue weighted by Gasteiger charge is 2.43. The Labute approximate surface area is 137 Å². The fraction of sp³-hybridized carbons (Fsp3) is 0.286. The number of carbonyl (C=O) groups is 3. The summed E-state index contributed by atoms with van der Waals surface area (Å²) >= 11 is 5.15. The maximum atomic E-state index is 13.2. The van der Waals surface area contributed by atoms with Gasteiger partial charge >= 0.3 is 0 Å². The smallest absolute Gasteiger partial charge is 0.269 e. The molecule has 1 saturated heterocycles. The quantitative estimate of drug-likeness (QED) is 0.746. The van der Waals surface area contributed by atoms with E-state index in [0.717, 1.165) is 11.1 Å². The highest BCUT2D eigenvalue weighted by atomic mass is 32.1. The number of benzene rings is 1. The molecule has 0 bridgehead atoms. The first-order chi connectivity index (χ1) is 10.8. The van der Waals surface area contributed by atoms with Crippen LogP contribution < -0.4 is 11.2 Å². The topological polar surface area (TPSA) is 95.7 Å². The number of carbonyl (C=O) groups excluding carboxylic acids is 3. The molecule has 1 heterocycles. The lowest BCUT2D eigenvalue weighted by molar-refractivity contribution is -0.131. The normalized spacial score (nSPS) is 17.6. The van der Waals surface area contributed by atoms with Crippen molar-refractivity contribution in [2.75, 3.05) is 6.54 Å². The zero-order chi connectivity index (χ0) is 17.1. The molecule has 1 atom stereocenters. The third-order valence-corrected chi connectivity index (χ3v) is 3.74. The zero-order valence-corrected chi connectivity index (χ0v) is 13.1. The SMILES string of the molecule is CCN1C(=O)C(CC(N)=O)N(NC(=O)c2cccc(F)c2)C1=S. The summed E-state index contributed by atoms with van der Waals surface area (Å²) in [6, 6.07) is 4.06. The third-order valence-electron chi connectivity index (χ3n) is 3.32. The van der Waals surface area contributed by atoms with Crippen LogP contribution in [0.4, 0.5) is 4.39 Å². The van der Waals surface area contributed by atoms with Crippen molar-refractivity contribution < 1.29 is 18.8 Å². The number of rotatable bonds is 5. The number of hydrogen-bond donors (Lipinski definition) is 2. The molecule has 1 aromatic carbocycles. The molecule has 3 N–H and O–H groups in total. The van der Waals surface area contributed by atoms with Gasteiger partial charge in [-0.05, 0) is 37.3 Å². The van der Waals surface area contributed by atoms with Gasteiger partial charge in [-0.15, -0.1) is 0 Å². The van der Waals surface area contributed by atoms with E-state index >= 15 is 0 Å². The lowest BCUT2D eigenvalue weighted by atomic mass is 10.2. The largest absolute Gasteiger partial charge is 0.370 e. The number of amides is 3. The molecule has 1 aliphatic rings. The molecular weight excluding hydrogens is 323 g/mol. The average Bonchev–Trinajstić information content (AvgIpc) is 2.70. The van der Waals surface area contributed by atoms with Gasteiger partial charge in [-0.25, -0.2) is 9.40 Å². The summed E-state index contributed by atoms with van der Waals surface area (Å²) in [5, 5.41) is 1.19. The van der Waals surface area contributed by atoms with Gasteiger partial charge in [-0.1, -0.05) is 6.07 Å². The first-order valence-corrected chi connectivity index (χ1v) is 7.25. The van der Waals surface area contributed by atoms with Crippen LogP contribution in [0.15, 0.2) is 24.3 Å². The van der Waals surface area contributed by atoms with Gasteiger partial charge in [0.25, 0.3) is 11.8 Å². The number of halogens is 1. The van der Waals surface area contributed by atoms with Crippen LogP contribution in [0.2, 0.25) is 0 Å². The van der Waals surface area contributed by atoms with E-state index in [4.69, 9.17) is 18.0 Å². The van der Waals surface area contributed by atoms with Crippen molar-refractivity contribution in [3.63, 3.8) is 0 Å². The van der Waals surface area contributed by atoms with Gasteiger partial charge in [0, 0.05) is 12.1 Å². The maximum Gasteiger partial charge on any atom is 0.269 e. The van der Waals surface area contributed by atoms with E-state index in [9.17, 15) is 18.8 Å². The molecule has 122 valence electrons. The minimum absolute atomic E-state index is 0.0630. The van der Waals surface area contributed by atoms with E-state index in [1.54, 1.807) is 6.92 Å². The van der Waals surface area contributed by atoms with Crippen LogP contribution in [0.1, 0.15) is 23.7 Å². The molecule has 23 heavy (non-hydrogen) atoms. The number of hydrogen-bond acceptors (Lipinski definition) is 4. The number of likely N-dealkylation sites (N-methyl/N-ethyl adjacent to an activating group) is 1. The van der Waals surface area contributed by atoms with E-state index < -0.39 is 29.6 Å². The Bertz CT molecular complexity index is 682. The fourth-order valence-corrected chi connectivity index (χ4v) is 2.63. The third kappa shape index (κ3) is 3.45. The van der Waals surface area contributed by atoms with Crippen LogP contribution in [0.3, 0.4) is 0 Å². The Morgan fingerprint density at radius 1 is 1.43 bits per heavy atom. The van der Waals surface area contributed by atoms with Crippen molar-refractivity contribution in [3.8, 4) is 0 Å². The van der Waals surface area contributed by atoms with Gasteiger partial charge in [-0.2, -0.15) is 0 Å². The van der Waals surface area contributed by atoms with Crippen molar-refractivity contribution in [2.45, 2.75) is 19.4 Å². The molecular formula is C14H15FN4O3S. The van der Waals surface area contributed by atoms with Crippen molar-refractivity contribution in [1.29, 1.82) is 0 Å². The number of nitrogens with one attached hydrogen (secondary N) is 1. The molecule has 1 fully saturated rings.